The molecular formula is C15H22N2O2. The van der Waals surface area contributed by atoms with E-state index in [2.05, 4.69) is 18.3 Å². The summed E-state index contributed by atoms with van der Waals surface area (Å²) < 4.78 is 11.0. The van der Waals surface area contributed by atoms with Crippen LogP contribution in [0.3, 0.4) is 0 Å². The van der Waals surface area contributed by atoms with Gasteiger partial charge in [-0.15, -0.1) is 0 Å². The van der Waals surface area contributed by atoms with Gasteiger partial charge >= 0.3 is 0 Å². The number of methoxy groups -OCH3 is 1. The van der Waals surface area contributed by atoms with Gasteiger partial charge in [-0.1, -0.05) is 6.92 Å². The highest BCUT2D eigenvalue weighted by atomic mass is 16.5. The number of nitrogens with zero attached hydrogens (tertiary/aromatic N) is 1. The van der Waals surface area contributed by atoms with Crippen LogP contribution in [-0.4, -0.2) is 20.3 Å². The number of hydrogen-bond acceptors (Lipinski definition) is 4. The van der Waals surface area contributed by atoms with Crippen LogP contribution in [0.25, 0.3) is 0 Å². The second-order valence-electron chi connectivity index (χ2n) is 4.26. The number of rotatable bonds is 9. The zero-order valence-electron chi connectivity index (χ0n) is 11.7. The number of nitriles is 1. The lowest BCUT2D eigenvalue weighted by Gasteiger charge is -2.13. The molecule has 0 aliphatic heterocycles. The summed E-state index contributed by atoms with van der Waals surface area (Å²) in [7, 11) is 1.66. The van der Waals surface area contributed by atoms with E-state index in [0.717, 1.165) is 43.0 Å². The van der Waals surface area contributed by atoms with Crippen LogP contribution in [-0.2, 0) is 6.54 Å². The van der Waals surface area contributed by atoms with Crippen molar-refractivity contribution in [2.24, 2.45) is 0 Å². The number of unbranched alkanes of at least 4 members (excludes halogenated alkanes) is 1. The standard InChI is InChI=1S/C15H22N2O2/c1-3-9-17-12-13-11-14(18-2)6-7-15(13)19-10-5-4-8-16/h6-7,11,17H,3-5,9-10,12H2,1-2H3. The molecule has 19 heavy (non-hydrogen) atoms. The number of hydrogen-bond donors (Lipinski definition) is 1. The van der Waals surface area contributed by atoms with Gasteiger partial charge in [-0.25, -0.2) is 0 Å². The number of benzene rings is 1. The minimum Gasteiger partial charge on any atom is -0.497 e. The summed E-state index contributed by atoms with van der Waals surface area (Å²) >= 11 is 0. The molecule has 0 unspecified atom stereocenters. The van der Waals surface area contributed by atoms with Crippen LogP contribution in [0.1, 0.15) is 31.7 Å². The Morgan fingerprint density at radius 1 is 1.37 bits per heavy atom. The quantitative estimate of drug-likeness (QED) is 0.695. The molecule has 4 nitrogen and oxygen atoms in total. The van der Waals surface area contributed by atoms with E-state index in [1.54, 1.807) is 7.11 Å². The highest BCUT2D eigenvalue weighted by Gasteiger charge is 2.05. The topological polar surface area (TPSA) is 54.3 Å². The maximum atomic E-state index is 8.50. The molecule has 0 spiro atoms. The van der Waals surface area contributed by atoms with E-state index in [0.29, 0.717) is 13.0 Å². The summed E-state index contributed by atoms with van der Waals surface area (Å²) in [6, 6.07) is 7.92. The number of nitrogens with one attached hydrogen (secondary N) is 1. The van der Waals surface area contributed by atoms with E-state index in [1.807, 2.05) is 18.2 Å². The summed E-state index contributed by atoms with van der Waals surface area (Å²) in [6.07, 6.45) is 2.38. The first kappa shape index (κ1) is 15.3. The Hall–Kier alpha value is -1.73. The molecule has 0 aromatic heterocycles. The first-order chi connectivity index (χ1) is 9.31. The molecule has 0 amide bonds. The molecule has 1 rings (SSSR count). The van der Waals surface area contributed by atoms with E-state index in [1.165, 1.54) is 0 Å². The van der Waals surface area contributed by atoms with Gasteiger partial charge in [-0.05, 0) is 37.6 Å². The molecule has 0 bridgehead atoms. The summed E-state index contributed by atoms with van der Waals surface area (Å²) in [5, 5.41) is 11.9. The van der Waals surface area contributed by atoms with E-state index >= 15 is 0 Å². The summed E-state index contributed by atoms with van der Waals surface area (Å²) in [5.41, 5.74) is 1.09. The fourth-order valence-corrected chi connectivity index (χ4v) is 1.69. The molecule has 0 saturated heterocycles. The van der Waals surface area contributed by atoms with Gasteiger partial charge in [0.15, 0.2) is 0 Å². The molecule has 1 aromatic rings. The van der Waals surface area contributed by atoms with Crippen LogP contribution in [0.4, 0.5) is 0 Å². The van der Waals surface area contributed by atoms with Crippen molar-refractivity contribution < 1.29 is 9.47 Å². The molecule has 0 atom stereocenters. The minimum absolute atomic E-state index is 0.527. The molecule has 0 saturated carbocycles. The highest BCUT2D eigenvalue weighted by Crippen LogP contribution is 2.24. The van der Waals surface area contributed by atoms with Gasteiger partial charge < -0.3 is 14.8 Å². The average molecular weight is 262 g/mol. The molecule has 104 valence electrons. The second kappa shape index (κ2) is 9.23. The normalized spacial score (nSPS) is 9.95. The van der Waals surface area contributed by atoms with E-state index in [-0.39, 0.29) is 0 Å². The Morgan fingerprint density at radius 2 is 2.21 bits per heavy atom. The summed E-state index contributed by atoms with van der Waals surface area (Å²) in [6.45, 7) is 4.45. The van der Waals surface area contributed by atoms with Crippen molar-refractivity contribution in [3.63, 3.8) is 0 Å². The third-order valence-electron chi connectivity index (χ3n) is 2.70. The average Bonchev–Trinajstić information content (AvgIpc) is 2.45. The van der Waals surface area contributed by atoms with Crippen molar-refractivity contribution in [1.82, 2.24) is 5.32 Å². The van der Waals surface area contributed by atoms with Gasteiger partial charge in [-0.3, -0.25) is 0 Å². The van der Waals surface area contributed by atoms with Crippen molar-refractivity contribution in [2.75, 3.05) is 20.3 Å². The van der Waals surface area contributed by atoms with Crippen molar-refractivity contribution in [1.29, 1.82) is 5.26 Å². The van der Waals surface area contributed by atoms with Crippen molar-refractivity contribution in [3.8, 4) is 17.6 Å². The Labute approximate surface area is 115 Å². The minimum atomic E-state index is 0.527. The van der Waals surface area contributed by atoms with Crippen molar-refractivity contribution >= 4 is 0 Å². The van der Waals surface area contributed by atoms with Crippen LogP contribution >= 0.6 is 0 Å². The monoisotopic (exact) mass is 262 g/mol. The van der Waals surface area contributed by atoms with Crippen LogP contribution in [0.15, 0.2) is 18.2 Å². The molecular weight excluding hydrogens is 240 g/mol. The predicted molar refractivity (Wildman–Crippen MR) is 75.3 cm³/mol. The summed E-state index contributed by atoms with van der Waals surface area (Å²) in [4.78, 5) is 0. The van der Waals surface area contributed by atoms with Crippen molar-refractivity contribution in [3.05, 3.63) is 23.8 Å². The molecule has 1 aromatic carbocycles. The lowest BCUT2D eigenvalue weighted by Crippen LogP contribution is -2.15. The van der Waals surface area contributed by atoms with Crippen LogP contribution < -0.4 is 14.8 Å². The molecule has 1 N–H and O–H groups in total. The van der Waals surface area contributed by atoms with Gasteiger partial charge in [0.1, 0.15) is 11.5 Å². The van der Waals surface area contributed by atoms with Crippen molar-refractivity contribution in [2.45, 2.75) is 32.7 Å². The fraction of sp³-hybridized carbons (Fsp3) is 0.533. The molecule has 4 heteroatoms. The largest absolute Gasteiger partial charge is 0.497 e. The zero-order chi connectivity index (χ0) is 13.9. The van der Waals surface area contributed by atoms with E-state index in [9.17, 15) is 0 Å². The van der Waals surface area contributed by atoms with Gasteiger partial charge in [0.25, 0.3) is 0 Å². The smallest absolute Gasteiger partial charge is 0.124 e. The maximum absolute atomic E-state index is 8.50. The van der Waals surface area contributed by atoms with E-state index in [4.69, 9.17) is 14.7 Å². The lowest BCUT2D eigenvalue weighted by molar-refractivity contribution is 0.307. The van der Waals surface area contributed by atoms with Gasteiger partial charge in [0, 0.05) is 18.5 Å². The zero-order valence-corrected chi connectivity index (χ0v) is 11.7. The molecule has 0 aliphatic rings. The molecule has 0 radical (unpaired) electrons. The highest BCUT2D eigenvalue weighted by molar-refractivity contribution is 5.40. The third-order valence-corrected chi connectivity index (χ3v) is 2.70. The predicted octanol–water partition coefficient (Wildman–Crippen LogP) is 2.88. The Balaban J connectivity index is 2.63. The maximum Gasteiger partial charge on any atom is 0.124 e. The Morgan fingerprint density at radius 3 is 2.89 bits per heavy atom. The molecule has 0 aliphatic carbocycles. The van der Waals surface area contributed by atoms with E-state index < -0.39 is 0 Å². The van der Waals surface area contributed by atoms with Gasteiger partial charge in [-0.2, -0.15) is 5.26 Å². The van der Waals surface area contributed by atoms with Gasteiger partial charge in [0.2, 0.25) is 0 Å². The number of ether oxygens (including phenoxy) is 2. The Kier molecular flexibility index (Phi) is 7.45. The first-order valence-corrected chi connectivity index (χ1v) is 6.69. The Bertz CT molecular complexity index is 413. The third kappa shape index (κ3) is 5.62. The van der Waals surface area contributed by atoms with Crippen LogP contribution in [0.2, 0.25) is 0 Å². The van der Waals surface area contributed by atoms with Gasteiger partial charge in [0.05, 0.1) is 19.8 Å². The molecule has 0 heterocycles. The SMILES string of the molecule is CCCNCc1cc(OC)ccc1OCCCC#N. The second-order valence-corrected chi connectivity index (χ2v) is 4.26. The van der Waals surface area contributed by atoms with Crippen LogP contribution in [0.5, 0.6) is 11.5 Å². The lowest BCUT2D eigenvalue weighted by atomic mass is 10.2. The fourth-order valence-electron chi connectivity index (χ4n) is 1.69. The van der Waals surface area contributed by atoms with Crippen LogP contribution in [0, 0.1) is 11.3 Å². The summed E-state index contributed by atoms with van der Waals surface area (Å²) in [5.74, 6) is 1.69. The molecule has 0 fully saturated rings. The first-order valence-electron chi connectivity index (χ1n) is 6.69.